The van der Waals surface area contributed by atoms with Crippen LogP contribution in [0.2, 0.25) is 0 Å². The molecule has 0 saturated carbocycles. The van der Waals surface area contributed by atoms with Crippen LogP contribution in [0.15, 0.2) is 18.2 Å². The number of rotatable bonds is 6. The molecule has 1 aromatic rings. The largest absolute Gasteiger partial charge is 0.496 e. The van der Waals surface area contributed by atoms with Crippen LogP contribution in [0.1, 0.15) is 38.8 Å². The van der Waals surface area contributed by atoms with Crippen molar-refractivity contribution in [3.05, 3.63) is 23.8 Å². The third-order valence-electron chi connectivity index (χ3n) is 4.07. The van der Waals surface area contributed by atoms with E-state index in [0.717, 1.165) is 25.3 Å². The highest BCUT2D eigenvalue weighted by molar-refractivity contribution is 7.99. The van der Waals surface area contributed by atoms with Gasteiger partial charge < -0.3 is 15.0 Å². The lowest BCUT2D eigenvalue weighted by Crippen LogP contribution is -2.41. The predicted molar refractivity (Wildman–Crippen MR) is 93.8 cm³/mol. The monoisotopic (exact) mass is 308 g/mol. The molecular formula is C17H28N2OS. The van der Waals surface area contributed by atoms with Crippen molar-refractivity contribution >= 4 is 17.4 Å². The first-order valence-corrected chi connectivity index (χ1v) is 9.09. The van der Waals surface area contributed by atoms with E-state index in [1.165, 1.54) is 22.8 Å². The molecular weight excluding hydrogens is 280 g/mol. The van der Waals surface area contributed by atoms with E-state index < -0.39 is 0 Å². The number of nitrogens with zero attached hydrogens (tertiary/aromatic N) is 1. The van der Waals surface area contributed by atoms with E-state index >= 15 is 0 Å². The molecule has 4 heteroatoms. The summed E-state index contributed by atoms with van der Waals surface area (Å²) in [5.74, 6) is 3.40. The Morgan fingerprint density at radius 2 is 2.29 bits per heavy atom. The lowest BCUT2D eigenvalue weighted by molar-refractivity contribution is 0.401. The Kier molecular flexibility index (Phi) is 6.24. The molecule has 118 valence electrons. The highest BCUT2D eigenvalue weighted by Crippen LogP contribution is 2.36. The summed E-state index contributed by atoms with van der Waals surface area (Å²) in [7, 11) is 1.77. The molecule has 0 aromatic heterocycles. The second-order valence-corrected chi connectivity index (χ2v) is 6.84. The van der Waals surface area contributed by atoms with Crippen molar-refractivity contribution in [1.29, 1.82) is 0 Å². The fourth-order valence-corrected chi connectivity index (χ4v) is 3.96. The standard InChI is InChI=1S/C17H28N2OS/c1-5-9-18-14(3)17-15(7-6-8-16(17)20-4)19-10-11-21-12-13(19)2/h6-8,13-14,18H,5,9-12H2,1-4H3. The average molecular weight is 308 g/mol. The van der Waals surface area contributed by atoms with Gasteiger partial charge in [-0.3, -0.25) is 0 Å². The van der Waals surface area contributed by atoms with Gasteiger partial charge in [-0.1, -0.05) is 13.0 Å². The SMILES string of the molecule is CCCNC(C)c1c(OC)cccc1N1CCSCC1C. The van der Waals surface area contributed by atoms with Gasteiger partial charge in [0.15, 0.2) is 0 Å². The number of ether oxygens (including phenoxy) is 1. The van der Waals surface area contributed by atoms with Crippen molar-refractivity contribution in [3.63, 3.8) is 0 Å². The van der Waals surface area contributed by atoms with Crippen LogP contribution >= 0.6 is 11.8 Å². The summed E-state index contributed by atoms with van der Waals surface area (Å²) in [5.41, 5.74) is 2.63. The maximum Gasteiger partial charge on any atom is 0.125 e. The summed E-state index contributed by atoms with van der Waals surface area (Å²) in [6.07, 6.45) is 1.14. The van der Waals surface area contributed by atoms with Gasteiger partial charge in [0.2, 0.25) is 0 Å². The quantitative estimate of drug-likeness (QED) is 0.866. The van der Waals surface area contributed by atoms with Gasteiger partial charge in [-0.05, 0) is 38.9 Å². The molecule has 0 amide bonds. The molecule has 21 heavy (non-hydrogen) atoms. The van der Waals surface area contributed by atoms with Crippen LogP contribution in [0, 0.1) is 0 Å². The van der Waals surface area contributed by atoms with Gasteiger partial charge >= 0.3 is 0 Å². The van der Waals surface area contributed by atoms with Crippen LogP contribution in [0.5, 0.6) is 5.75 Å². The summed E-state index contributed by atoms with van der Waals surface area (Å²) < 4.78 is 5.64. The van der Waals surface area contributed by atoms with Gasteiger partial charge in [0, 0.05) is 41.4 Å². The number of benzene rings is 1. The van der Waals surface area contributed by atoms with Crippen LogP contribution in [0.3, 0.4) is 0 Å². The van der Waals surface area contributed by atoms with Crippen LogP contribution in [0.4, 0.5) is 5.69 Å². The molecule has 2 unspecified atom stereocenters. The minimum absolute atomic E-state index is 0.304. The molecule has 1 aromatic carbocycles. The lowest BCUT2D eigenvalue weighted by atomic mass is 10.0. The first-order valence-electron chi connectivity index (χ1n) is 7.93. The molecule has 0 radical (unpaired) electrons. The highest BCUT2D eigenvalue weighted by atomic mass is 32.2. The molecule has 1 saturated heterocycles. The van der Waals surface area contributed by atoms with Gasteiger partial charge in [0.25, 0.3) is 0 Å². The van der Waals surface area contributed by atoms with E-state index in [1.807, 2.05) is 0 Å². The van der Waals surface area contributed by atoms with Crippen LogP contribution in [-0.2, 0) is 0 Å². The fourth-order valence-electron chi connectivity index (χ4n) is 2.94. The smallest absolute Gasteiger partial charge is 0.125 e. The zero-order valence-electron chi connectivity index (χ0n) is 13.7. The van der Waals surface area contributed by atoms with Gasteiger partial charge in [0.05, 0.1) is 7.11 Å². The number of hydrogen-bond acceptors (Lipinski definition) is 4. The Morgan fingerprint density at radius 1 is 1.48 bits per heavy atom. The van der Waals surface area contributed by atoms with Crippen LogP contribution < -0.4 is 15.0 Å². The summed E-state index contributed by atoms with van der Waals surface area (Å²) in [6, 6.07) is 7.31. The van der Waals surface area contributed by atoms with Crippen molar-refractivity contribution in [3.8, 4) is 5.75 Å². The van der Waals surface area contributed by atoms with Gasteiger partial charge in [-0.25, -0.2) is 0 Å². The molecule has 1 aliphatic rings. The maximum atomic E-state index is 5.64. The van der Waals surface area contributed by atoms with Gasteiger partial charge in [-0.2, -0.15) is 11.8 Å². The second-order valence-electron chi connectivity index (χ2n) is 5.69. The third kappa shape index (κ3) is 3.86. The number of anilines is 1. The zero-order chi connectivity index (χ0) is 15.2. The number of hydrogen-bond donors (Lipinski definition) is 1. The first kappa shape index (κ1) is 16.5. The van der Waals surface area contributed by atoms with Crippen molar-refractivity contribution in [1.82, 2.24) is 5.32 Å². The number of thioether (sulfide) groups is 1. The summed E-state index contributed by atoms with van der Waals surface area (Å²) >= 11 is 2.05. The Labute approximate surface area is 133 Å². The third-order valence-corrected chi connectivity index (χ3v) is 5.26. The van der Waals surface area contributed by atoms with Gasteiger partial charge in [-0.15, -0.1) is 0 Å². The predicted octanol–water partition coefficient (Wildman–Crippen LogP) is 3.70. The van der Waals surface area contributed by atoms with E-state index in [0.29, 0.717) is 12.1 Å². The van der Waals surface area contributed by atoms with Gasteiger partial charge in [0.1, 0.15) is 5.75 Å². The molecule has 1 N–H and O–H groups in total. The van der Waals surface area contributed by atoms with Crippen molar-refractivity contribution in [2.24, 2.45) is 0 Å². The summed E-state index contributed by atoms with van der Waals surface area (Å²) in [4.78, 5) is 2.54. The molecule has 0 bridgehead atoms. The number of methoxy groups -OCH3 is 1. The minimum Gasteiger partial charge on any atom is -0.496 e. The Hall–Kier alpha value is -0.870. The van der Waals surface area contributed by atoms with E-state index in [9.17, 15) is 0 Å². The summed E-state index contributed by atoms with van der Waals surface area (Å²) in [5, 5.41) is 3.61. The molecule has 0 spiro atoms. The maximum absolute atomic E-state index is 5.64. The van der Waals surface area contributed by atoms with E-state index in [-0.39, 0.29) is 0 Å². The Balaban J connectivity index is 2.35. The molecule has 1 aliphatic heterocycles. The Morgan fingerprint density at radius 3 is 2.95 bits per heavy atom. The van der Waals surface area contributed by atoms with Crippen molar-refractivity contribution in [2.45, 2.75) is 39.3 Å². The molecule has 3 nitrogen and oxygen atoms in total. The Bertz CT molecular complexity index is 452. The lowest BCUT2D eigenvalue weighted by Gasteiger charge is -2.37. The zero-order valence-corrected chi connectivity index (χ0v) is 14.5. The van der Waals surface area contributed by atoms with Crippen molar-refractivity contribution < 1.29 is 4.74 Å². The molecule has 0 aliphatic carbocycles. The van der Waals surface area contributed by atoms with Crippen molar-refractivity contribution in [2.75, 3.05) is 36.6 Å². The fraction of sp³-hybridized carbons (Fsp3) is 0.647. The average Bonchev–Trinajstić information content (AvgIpc) is 2.52. The van der Waals surface area contributed by atoms with E-state index in [4.69, 9.17) is 4.74 Å². The second kappa shape index (κ2) is 7.95. The number of nitrogens with one attached hydrogen (secondary N) is 1. The highest BCUT2D eigenvalue weighted by Gasteiger charge is 2.25. The van der Waals surface area contributed by atoms with E-state index in [2.05, 4.69) is 60.9 Å². The molecule has 2 rings (SSSR count). The normalized spacial score (nSPS) is 20.4. The minimum atomic E-state index is 0.304. The van der Waals surface area contributed by atoms with E-state index in [1.54, 1.807) is 7.11 Å². The molecule has 2 atom stereocenters. The molecule has 1 heterocycles. The molecule has 1 fully saturated rings. The summed E-state index contributed by atoms with van der Waals surface area (Å²) in [6.45, 7) is 8.91. The topological polar surface area (TPSA) is 24.5 Å². The van der Waals surface area contributed by atoms with Crippen LogP contribution in [0.25, 0.3) is 0 Å². The van der Waals surface area contributed by atoms with Crippen LogP contribution in [-0.4, -0.2) is 37.7 Å². The first-order chi connectivity index (χ1) is 10.2.